The molecule has 1 fully saturated rings. The number of halogens is 1. The van der Waals surface area contributed by atoms with Crippen molar-refractivity contribution in [2.45, 2.75) is 26.2 Å². The van der Waals surface area contributed by atoms with E-state index in [1.165, 1.54) is 19.3 Å². The van der Waals surface area contributed by atoms with Gasteiger partial charge in [0.1, 0.15) is 6.07 Å². The summed E-state index contributed by atoms with van der Waals surface area (Å²) in [4.78, 5) is 2.37. The summed E-state index contributed by atoms with van der Waals surface area (Å²) in [5, 5.41) is 9.40. The molecule has 3 heteroatoms. The highest BCUT2D eigenvalue weighted by Crippen LogP contribution is 2.29. The first-order chi connectivity index (χ1) is 8.24. The Hall–Kier alpha value is -1.20. The minimum absolute atomic E-state index is 0.555. The Bertz CT molecular complexity index is 436. The third kappa shape index (κ3) is 2.73. The van der Waals surface area contributed by atoms with E-state index in [0.29, 0.717) is 10.6 Å². The van der Waals surface area contributed by atoms with Gasteiger partial charge in [-0.1, -0.05) is 24.9 Å². The van der Waals surface area contributed by atoms with Crippen molar-refractivity contribution < 1.29 is 0 Å². The number of anilines is 1. The zero-order chi connectivity index (χ0) is 12.3. The number of benzene rings is 1. The van der Waals surface area contributed by atoms with Gasteiger partial charge in [-0.15, -0.1) is 0 Å². The molecule has 2 rings (SSSR count). The first kappa shape index (κ1) is 12.3. The first-order valence-corrected chi connectivity index (χ1v) is 6.57. The summed E-state index contributed by atoms with van der Waals surface area (Å²) in [5.41, 5.74) is 1.70. The van der Waals surface area contributed by atoms with Gasteiger partial charge in [0, 0.05) is 18.8 Å². The number of hydrogen-bond donors (Lipinski definition) is 0. The predicted molar refractivity (Wildman–Crippen MR) is 71.4 cm³/mol. The van der Waals surface area contributed by atoms with Crippen LogP contribution in [0, 0.1) is 17.2 Å². The van der Waals surface area contributed by atoms with E-state index in [0.717, 1.165) is 24.7 Å². The van der Waals surface area contributed by atoms with Crippen LogP contribution in [-0.4, -0.2) is 13.1 Å². The van der Waals surface area contributed by atoms with Gasteiger partial charge >= 0.3 is 0 Å². The minimum atomic E-state index is 0.555. The van der Waals surface area contributed by atoms with Crippen molar-refractivity contribution in [3.05, 3.63) is 28.8 Å². The Labute approximate surface area is 108 Å². The summed E-state index contributed by atoms with van der Waals surface area (Å²) >= 11 is 6.06. The lowest BCUT2D eigenvalue weighted by molar-refractivity contribution is 0.530. The number of nitrogens with zero attached hydrogens (tertiary/aromatic N) is 2. The fourth-order valence-electron chi connectivity index (χ4n) is 2.50. The Balaban J connectivity index is 2.09. The molecule has 0 N–H and O–H groups in total. The average Bonchev–Trinajstić information content (AvgIpc) is 2.78. The predicted octanol–water partition coefficient (Wildman–Crippen LogP) is 3.84. The van der Waals surface area contributed by atoms with Gasteiger partial charge in [-0.05, 0) is 37.0 Å². The van der Waals surface area contributed by atoms with E-state index in [4.69, 9.17) is 16.9 Å². The van der Waals surface area contributed by atoms with E-state index in [9.17, 15) is 0 Å². The summed E-state index contributed by atoms with van der Waals surface area (Å²) in [6, 6.07) is 7.81. The molecule has 0 saturated carbocycles. The van der Waals surface area contributed by atoms with Crippen LogP contribution in [0.5, 0.6) is 0 Å². The molecule has 1 saturated heterocycles. The van der Waals surface area contributed by atoms with Crippen LogP contribution in [0.4, 0.5) is 5.69 Å². The Morgan fingerprint density at radius 1 is 1.53 bits per heavy atom. The van der Waals surface area contributed by atoms with Crippen LogP contribution in [0.3, 0.4) is 0 Å². The van der Waals surface area contributed by atoms with Crippen LogP contribution in [0.1, 0.15) is 31.7 Å². The van der Waals surface area contributed by atoms with Crippen LogP contribution >= 0.6 is 11.6 Å². The van der Waals surface area contributed by atoms with Crippen LogP contribution in [0.15, 0.2) is 18.2 Å². The second kappa shape index (κ2) is 5.42. The quantitative estimate of drug-likeness (QED) is 0.813. The molecule has 2 nitrogen and oxygen atoms in total. The van der Waals surface area contributed by atoms with Crippen molar-refractivity contribution in [2.75, 3.05) is 18.0 Å². The average molecular weight is 249 g/mol. The molecule has 0 aliphatic carbocycles. The van der Waals surface area contributed by atoms with Crippen molar-refractivity contribution in [3.8, 4) is 6.07 Å². The second-order valence-electron chi connectivity index (χ2n) is 4.67. The molecule has 1 aromatic rings. The zero-order valence-electron chi connectivity index (χ0n) is 10.1. The fourth-order valence-corrected chi connectivity index (χ4v) is 2.72. The minimum Gasteiger partial charge on any atom is -0.371 e. The van der Waals surface area contributed by atoms with Gasteiger partial charge in [-0.3, -0.25) is 0 Å². The number of rotatable bonds is 3. The first-order valence-electron chi connectivity index (χ1n) is 6.19. The number of hydrogen-bond acceptors (Lipinski definition) is 2. The molecule has 0 amide bonds. The summed E-state index contributed by atoms with van der Waals surface area (Å²) < 4.78 is 0. The third-order valence-electron chi connectivity index (χ3n) is 3.42. The van der Waals surface area contributed by atoms with Crippen molar-refractivity contribution in [1.82, 2.24) is 0 Å². The van der Waals surface area contributed by atoms with E-state index < -0.39 is 0 Å². The lowest BCUT2D eigenvalue weighted by Gasteiger charge is -2.19. The molecule has 1 atom stereocenters. The van der Waals surface area contributed by atoms with Crippen LogP contribution in [0.25, 0.3) is 0 Å². The molecule has 0 spiro atoms. The molecule has 1 aliphatic rings. The monoisotopic (exact) mass is 248 g/mol. The highest BCUT2D eigenvalue weighted by molar-refractivity contribution is 6.32. The largest absolute Gasteiger partial charge is 0.371 e. The highest BCUT2D eigenvalue weighted by atomic mass is 35.5. The van der Waals surface area contributed by atoms with Gasteiger partial charge in [-0.2, -0.15) is 5.26 Å². The summed E-state index contributed by atoms with van der Waals surface area (Å²) in [6.07, 6.45) is 3.83. The lowest BCUT2D eigenvalue weighted by atomic mass is 10.0. The summed E-state index contributed by atoms with van der Waals surface area (Å²) in [5.74, 6) is 0.814. The van der Waals surface area contributed by atoms with E-state index in [1.54, 1.807) is 0 Å². The second-order valence-corrected chi connectivity index (χ2v) is 5.07. The van der Waals surface area contributed by atoms with Crippen molar-refractivity contribution in [1.29, 1.82) is 5.26 Å². The van der Waals surface area contributed by atoms with Crippen molar-refractivity contribution in [2.24, 2.45) is 5.92 Å². The molecule has 90 valence electrons. The molecule has 0 aromatic heterocycles. The summed E-state index contributed by atoms with van der Waals surface area (Å²) in [6.45, 7) is 4.46. The van der Waals surface area contributed by atoms with Crippen LogP contribution in [-0.2, 0) is 0 Å². The molecular formula is C14H17ClN2. The van der Waals surface area contributed by atoms with Gasteiger partial charge in [-0.25, -0.2) is 0 Å². The molecule has 0 radical (unpaired) electrons. The molecule has 0 bridgehead atoms. The van der Waals surface area contributed by atoms with Gasteiger partial charge in [0.15, 0.2) is 0 Å². The van der Waals surface area contributed by atoms with Gasteiger partial charge in [0.25, 0.3) is 0 Å². The topological polar surface area (TPSA) is 27.0 Å². The molecule has 1 aliphatic heterocycles. The SMILES string of the molecule is CCCC1CCN(c2ccc(C#N)c(Cl)c2)C1. The van der Waals surface area contributed by atoms with Crippen molar-refractivity contribution in [3.63, 3.8) is 0 Å². The van der Waals surface area contributed by atoms with Gasteiger partial charge in [0.2, 0.25) is 0 Å². The molecule has 1 heterocycles. The molecule has 1 aromatic carbocycles. The number of nitriles is 1. The normalized spacial score (nSPS) is 19.4. The van der Waals surface area contributed by atoms with Crippen LogP contribution in [0.2, 0.25) is 5.02 Å². The van der Waals surface area contributed by atoms with E-state index in [-0.39, 0.29) is 0 Å². The molecule has 1 unspecified atom stereocenters. The zero-order valence-corrected chi connectivity index (χ0v) is 10.9. The van der Waals surface area contributed by atoms with Crippen molar-refractivity contribution >= 4 is 17.3 Å². The van der Waals surface area contributed by atoms with E-state index in [1.807, 2.05) is 18.2 Å². The maximum absolute atomic E-state index is 8.84. The lowest BCUT2D eigenvalue weighted by Crippen LogP contribution is -2.19. The maximum Gasteiger partial charge on any atom is 0.101 e. The van der Waals surface area contributed by atoms with Gasteiger partial charge < -0.3 is 4.90 Å². The van der Waals surface area contributed by atoms with Gasteiger partial charge in [0.05, 0.1) is 10.6 Å². The van der Waals surface area contributed by atoms with E-state index >= 15 is 0 Å². The Morgan fingerprint density at radius 3 is 3.00 bits per heavy atom. The Kier molecular flexibility index (Phi) is 3.91. The van der Waals surface area contributed by atoms with E-state index in [2.05, 4.69) is 17.9 Å². The third-order valence-corrected chi connectivity index (χ3v) is 3.73. The summed E-state index contributed by atoms with van der Waals surface area (Å²) in [7, 11) is 0. The maximum atomic E-state index is 8.84. The smallest absolute Gasteiger partial charge is 0.101 e. The Morgan fingerprint density at radius 2 is 2.35 bits per heavy atom. The molecular weight excluding hydrogens is 232 g/mol. The highest BCUT2D eigenvalue weighted by Gasteiger charge is 2.22. The standard InChI is InChI=1S/C14H17ClN2/c1-2-3-11-6-7-17(10-11)13-5-4-12(9-16)14(15)8-13/h4-5,8,11H,2-3,6-7,10H2,1H3. The molecule has 17 heavy (non-hydrogen) atoms. The van der Waals surface area contributed by atoms with Crippen LogP contribution < -0.4 is 4.90 Å². The fraction of sp³-hybridized carbons (Fsp3) is 0.500.